The van der Waals surface area contributed by atoms with Crippen molar-refractivity contribution in [2.45, 2.75) is 17.9 Å². The Morgan fingerprint density at radius 1 is 1.10 bits per heavy atom. The molecular weight excluding hydrogens is 401 g/mol. The molecule has 0 radical (unpaired) electrons. The monoisotopic (exact) mass is 421 g/mol. The van der Waals surface area contributed by atoms with Crippen LogP contribution in [0.3, 0.4) is 0 Å². The molecule has 0 saturated carbocycles. The van der Waals surface area contributed by atoms with Crippen LogP contribution in [0.5, 0.6) is 0 Å². The van der Waals surface area contributed by atoms with Crippen LogP contribution in [-0.4, -0.2) is 56.9 Å². The van der Waals surface area contributed by atoms with Crippen LogP contribution in [0.4, 0.5) is 4.39 Å². The van der Waals surface area contributed by atoms with Crippen molar-refractivity contribution in [1.29, 1.82) is 0 Å². The van der Waals surface area contributed by atoms with E-state index in [0.29, 0.717) is 5.56 Å². The molecule has 1 aliphatic heterocycles. The average Bonchev–Trinajstić information content (AvgIpc) is 2.74. The largest absolute Gasteiger partial charge is 0.451 e. The Morgan fingerprint density at radius 2 is 1.76 bits per heavy atom. The van der Waals surface area contributed by atoms with Gasteiger partial charge in [-0.1, -0.05) is 30.3 Å². The molecule has 1 heterocycles. The van der Waals surface area contributed by atoms with E-state index in [0.717, 1.165) is 18.2 Å². The predicted octanol–water partition coefficient (Wildman–Crippen LogP) is 2.27. The first kappa shape index (κ1) is 21.1. The zero-order valence-electron chi connectivity index (χ0n) is 15.7. The fourth-order valence-corrected chi connectivity index (χ4v) is 4.31. The van der Waals surface area contributed by atoms with E-state index in [2.05, 4.69) is 0 Å². The lowest BCUT2D eigenvalue weighted by Gasteiger charge is -2.26. The van der Waals surface area contributed by atoms with E-state index < -0.39 is 39.3 Å². The molecule has 1 fully saturated rings. The summed E-state index contributed by atoms with van der Waals surface area (Å²) >= 11 is 0. The van der Waals surface area contributed by atoms with Gasteiger partial charge in [0.05, 0.1) is 23.7 Å². The minimum Gasteiger partial charge on any atom is -0.451 e. The number of nitrogens with zero attached hydrogens (tertiary/aromatic N) is 1. The van der Waals surface area contributed by atoms with Crippen LogP contribution in [0.25, 0.3) is 0 Å². The molecule has 2 aromatic carbocycles. The Hall–Kier alpha value is -2.62. The predicted molar refractivity (Wildman–Crippen MR) is 102 cm³/mol. The second-order valence-corrected chi connectivity index (χ2v) is 8.37. The lowest BCUT2D eigenvalue weighted by molar-refractivity contribution is 0.0314. The number of ether oxygens (including phenoxy) is 2. The van der Waals surface area contributed by atoms with Crippen molar-refractivity contribution in [1.82, 2.24) is 4.31 Å². The first-order chi connectivity index (χ1) is 13.8. The maximum atomic E-state index is 14.2. The van der Waals surface area contributed by atoms with Gasteiger partial charge in [0.25, 0.3) is 0 Å². The molecule has 3 rings (SSSR count). The smallest absolute Gasteiger partial charge is 0.341 e. The van der Waals surface area contributed by atoms with E-state index in [1.165, 1.54) is 11.2 Å². The molecule has 0 aromatic heterocycles. The zero-order chi connectivity index (χ0) is 21.0. The number of rotatable bonds is 6. The van der Waals surface area contributed by atoms with Crippen molar-refractivity contribution in [3.63, 3.8) is 0 Å². The van der Waals surface area contributed by atoms with Crippen molar-refractivity contribution in [2.24, 2.45) is 0 Å². The molecule has 0 unspecified atom stereocenters. The van der Waals surface area contributed by atoms with Crippen LogP contribution in [0.2, 0.25) is 0 Å². The van der Waals surface area contributed by atoms with Gasteiger partial charge in [-0.05, 0) is 25.1 Å². The fraction of sp³-hybridized carbons (Fsp3) is 0.300. The summed E-state index contributed by atoms with van der Waals surface area (Å²) in [6.07, 6.45) is -1.16. The number of hydrogen-bond donors (Lipinski definition) is 0. The Bertz CT molecular complexity index is 1000. The number of sulfonamides is 1. The highest BCUT2D eigenvalue weighted by Gasteiger charge is 2.29. The standard InChI is InChI=1S/C20H20FNO6S/c1-14(19(23)15-5-3-2-4-6-15)28-20(24)17-13-16(7-8-18(17)21)29(25,26)22-9-11-27-12-10-22/h2-8,13-14H,9-12H2,1H3/t14-/m0/s1. The molecule has 0 aliphatic carbocycles. The third-order valence-corrected chi connectivity index (χ3v) is 6.37. The zero-order valence-corrected chi connectivity index (χ0v) is 16.5. The van der Waals surface area contributed by atoms with E-state index in [1.54, 1.807) is 30.3 Å². The molecule has 1 aliphatic rings. The lowest BCUT2D eigenvalue weighted by atomic mass is 10.1. The maximum absolute atomic E-state index is 14.2. The van der Waals surface area contributed by atoms with E-state index in [-0.39, 0.29) is 31.2 Å². The van der Waals surface area contributed by atoms with E-state index in [4.69, 9.17) is 9.47 Å². The Labute approximate surface area is 168 Å². The van der Waals surface area contributed by atoms with Crippen molar-refractivity contribution >= 4 is 21.8 Å². The van der Waals surface area contributed by atoms with Gasteiger partial charge in [-0.3, -0.25) is 4.79 Å². The Balaban J connectivity index is 1.80. The van der Waals surface area contributed by atoms with E-state index in [9.17, 15) is 22.4 Å². The summed E-state index contributed by atoms with van der Waals surface area (Å²) in [6.45, 7) is 2.23. The molecule has 2 aromatic rings. The number of carbonyl (C=O) groups excluding carboxylic acids is 2. The molecule has 154 valence electrons. The molecule has 0 bridgehead atoms. The van der Waals surface area contributed by atoms with Crippen LogP contribution in [0.1, 0.15) is 27.6 Å². The van der Waals surface area contributed by atoms with Crippen molar-refractivity contribution in [2.75, 3.05) is 26.3 Å². The van der Waals surface area contributed by atoms with Gasteiger partial charge in [-0.25, -0.2) is 17.6 Å². The number of esters is 1. The van der Waals surface area contributed by atoms with Gasteiger partial charge in [0.1, 0.15) is 5.82 Å². The van der Waals surface area contributed by atoms with Gasteiger partial charge in [0.15, 0.2) is 6.10 Å². The highest BCUT2D eigenvalue weighted by Crippen LogP contribution is 2.21. The van der Waals surface area contributed by atoms with Gasteiger partial charge >= 0.3 is 5.97 Å². The highest BCUT2D eigenvalue weighted by molar-refractivity contribution is 7.89. The number of benzene rings is 2. The van der Waals surface area contributed by atoms with Crippen molar-refractivity contribution in [3.05, 3.63) is 65.5 Å². The Morgan fingerprint density at radius 3 is 2.41 bits per heavy atom. The van der Waals surface area contributed by atoms with Crippen LogP contribution in [0.15, 0.2) is 53.4 Å². The molecule has 7 nitrogen and oxygen atoms in total. The van der Waals surface area contributed by atoms with Crippen LogP contribution in [-0.2, 0) is 19.5 Å². The summed E-state index contributed by atoms with van der Waals surface area (Å²) in [6, 6.07) is 11.1. The first-order valence-electron chi connectivity index (χ1n) is 8.98. The number of hydrogen-bond acceptors (Lipinski definition) is 6. The van der Waals surface area contributed by atoms with Gasteiger partial charge < -0.3 is 9.47 Å². The van der Waals surface area contributed by atoms with E-state index >= 15 is 0 Å². The lowest BCUT2D eigenvalue weighted by Crippen LogP contribution is -2.40. The minimum absolute atomic E-state index is 0.169. The molecule has 1 saturated heterocycles. The minimum atomic E-state index is -3.91. The summed E-state index contributed by atoms with van der Waals surface area (Å²) < 4.78 is 51.1. The SMILES string of the molecule is C[C@H](OC(=O)c1cc(S(=O)(=O)N2CCOCC2)ccc1F)C(=O)c1ccccc1. The maximum Gasteiger partial charge on any atom is 0.341 e. The van der Waals surface area contributed by atoms with Crippen molar-refractivity contribution < 1.29 is 31.9 Å². The molecule has 9 heteroatoms. The second-order valence-electron chi connectivity index (χ2n) is 6.44. The highest BCUT2D eigenvalue weighted by atomic mass is 32.2. The van der Waals surface area contributed by atoms with Gasteiger partial charge in [0, 0.05) is 18.7 Å². The molecular formula is C20H20FNO6S. The van der Waals surface area contributed by atoms with Crippen LogP contribution >= 0.6 is 0 Å². The number of carbonyl (C=O) groups is 2. The molecule has 0 N–H and O–H groups in total. The van der Waals surface area contributed by atoms with Gasteiger partial charge in [-0.2, -0.15) is 4.31 Å². The van der Waals surface area contributed by atoms with E-state index in [1.807, 2.05) is 0 Å². The average molecular weight is 421 g/mol. The normalized spacial score (nSPS) is 16.2. The molecule has 29 heavy (non-hydrogen) atoms. The second kappa shape index (κ2) is 8.81. The first-order valence-corrected chi connectivity index (χ1v) is 10.4. The van der Waals surface area contributed by atoms with Gasteiger partial charge in [-0.15, -0.1) is 0 Å². The quantitative estimate of drug-likeness (QED) is 0.525. The summed E-state index contributed by atoms with van der Waals surface area (Å²) in [5.41, 5.74) is -0.205. The summed E-state index contributed by atoms with van der Waals surface area (Å²) in [5.74, 6) is -2.50. The number of halogens is 1. The van der Waals surface area contributed by atoms with Crippen molar-refractivity contribution in [3.8, 4) is 0 Å². The fourth-order valence-electron chi connectivity index (χ4n) is 2.87. The third kappa shape index (κ3) is 4.69. The molecule has 0 amide bonds. The number of Topliss-reactive ketones (excluding diaryl/α,β-unsaturated/α-hetero) is 1. The summed E-state index contributed by atoms with van der Waals surface area (Å²) in [7, 11) is -3.91. The topological polar surface area (TPSA) is 90.0 Å². The summed E-state index contributed by atoms with van der Waals surface area (Å²) in [5, 5.41) is 0. The molecule has 1 atom stereocenters. The van der Waals surface area contributed by atoms with Gasteiger partial charge in [0.2, 0.25) is 15.8 Å². The number of ketones is 1. The number of morpholine rings is 1. The molecule has 0 spiro atoms. The Kier molecular flexibility index (Phi) is 6.41. The van der Waals surface area contributed by atoms with Crippen LogP contribution in [0, 0.1) is 5.82 Å². The van der Waals surface area contributed by atoms with Crippen LogP contribution < -0.4 is 0 Å². The summed E-state index contributed by atoms with van der Waals surface area (Å²) in [4.78, 5) is 24.5. The third-order valence-electron chi connectivity index (χ3n) is 4.48.